The minimum atomic E-state index is -1.20. The zero-order valence-electron chi connectivity index (χ0n) is 27.3. The molecular formula is C41H41F4NO2. The molecule has 0 radical (unpaired) electrons. The molecule has 0 aromatic heterocycles. The first-order valence-electron chi connectivity index (χ1n) is 17.0. The van der Waals surface area contributed by atoms with Crippen LogP contribution in [0.1, 0.15) is 100 Å². The molecule has 3 nitrogen and oxygen atoms in total. The van der Waals surface area contributed by atoms with Crippen LogP contribution in [0.2, 0.25) is 0 Å². The van der Waals surface area contributed by atoms with Crippen LogP contribution in [0.15, 0.2) is 72.8 Å². The van der Waals surface area contributed by atoms with Gasteiger partial charge in [-0.2, -0.15) is 5.26 Å². The molecule has 1 aliphatic carbocycles. The fraction of sp³-hybridized carbons (Fsp3) is 0.366. The number of carbonyl (C=O) groups is 1. The Morgan fingerprint density at radius 1 is 0.708 bits per heavy atom. The van der Waals surface area contributed by atoms with E-state index in [2.05, 4.69) is 31.2 Å². The van der Waals surface area contributed by atoms with Crippen molar-refractivity contribution in [3.05, 3.63) is 113 Å². The topological polar surface area (TPSA) is 50.1 Å². The fourth-order valence-electron chi connectivity index (χ4n) is 6.59. The number of halogens is 4. The molecule has 250 valence electrons. The molecule has 0 amide bonds. The Kier molecular flexibility index (Phi) is 12.1. The first kappa shape index (κ1) is 34.9. The van der Waals surface area contributed by atoms with E-state index in [0.29, 0.717) is 17.7 Å². The zero-order chi connectivity index (χ0) is 34.0. The summed E-state index contributed by atoms with van der Waals surface area (Å²) in [6, 6.07) is 20.5. The predicted molar refractivity (Wildman–Crippen MR) is 180 cm³/mol. The van der Waals surface area contributed by atoms with Gasteiger partial charge in [-0.25, -0.2) is 17.6 Å². The lowest BCUT2D eigenvalue weighted by Gasteiger charge is -2.26. The third kappa shape index (κ3) is 9.13. The van der Waals surface area contributed by atoms with E-state index in [-0.39, 0.29) is 17.1 Å². The van der Waals surface area contributed by atoms with Crippen molar-refractivity contribution in [2.45, 2.75) is 89.9 Å². The standard InChI is InChI=1S/C41H41F4NO2/c1-27-10-14-29(15-11-27)30-16-12-28(13-17-30)8-6-4-2-3-5-7-9-40(47)48-34-20-18-31(19-21-34)32-22-38(44)41(39(45)23-32)33-24-36(42)35(26-46)37(43)25-33/h12-13,16-25,27,29H,2-11,14-15H2,1H3. The summed E-state index contributed by atoms with van der Waals surface area (Å²) in [5, 5.41) is 8.84. The van der Waals surface area contributed by atoms with Crippen LogP contribution in [-0.4, -0.2) is 5.97 Å². The van der Waals surface area contributed by atoms with Crippen LogP contribution in [0.4, 0.5) is 17.6 Å². The number of esters is 1. The van der Waals surface area contributed by atoms with Gasteiger partial charge in [0.05, 0.1) is 5.56 Å². The van der Waals surface area contributed by atoms with Gasteiger partial charge >= 0.3 is 5.97 Å². The molecule has 0 saturated heterocycles. The number of nitrogens with zero attached hydrogens (tertiary/aromatic N) is 1. The van der Waals surface area contributed by atoms with Crippen molar-refractivity contribution in [1.29, 1.82) is 5.26 Å². The number of rotatable bonds is 13. The van der Waals surface area contributed by atoms with Gasteiger partial charge in [-0.05, 0) is 108 Å². The Morgan fingerprint density at radius 3 is 1.88 bits per heavy atom. The third-order valence-electron chi connectivity index (χ3n) is 9.47. The molecule has 0 N–H and O–H groups in total. The Labute approximate surface area is 280 Å². The number of benzene rings is 4. The first-order valence-corrected chi connectivity index (χ1v) is 17.0. The summed E-state index contributed by atoms with van der Waals surface area (Å²) in [6.07, 6.45) is 13.0. The smallest absolute Gasteiger partial charge is 0.311 e. The monoisotopic (exact) mass is 655 g/mol. The molecule has 7 heteroatoms. The molecule has 1 fully saturated rings. The van der Waals surface area contributed by atoms with E-state index >= 15 is 0 Å². The molecule has 48 heavy (non-hydrogen) atoms. The number of carbonyl (C=O) groups excluding carboxylic acids is 1. The van der Waals surface area contributed by atoms with Crippen LogP contribution in [0, 0.1) is 40.5 Å². The van der Waals surface area contributed by atoms with Crippen molar-refractivity contribution in [3.8, 4) is 34.1 Å². The number of unbranched alkanes of at least 4 members (excludes halogenated alkanes) is 5. The van der Waals surface area contributed by atoms with Crippen LogP contribution < -0.4 is 4.74 Å². The highest BCUT2D eigenvalue weighted by molar-refractivity contribution is 5.74. The highest BCUT2D eigenvalue weighted by atomic mass is 19.1. The van der Waals surface area contributed by atoms with E-state index in [9.17, 15) is 22.4 Å². The summed E-state index contributed by atoms with van der Waals surface area (Å²) in [4.78, 5) is 12.4. The minimum absolute atomic E-state index is 0.198. The van der Waals surface area contributed by atoms with Crippen molar-refractivity contribution >= 4 is 5.97 Å². The average molecular weight is 656 g/mol. The molecular weight excluding hydrogens is 614 g/mol. The van der Waals surface area contributed by atoms with Crippen molar-refractivity contribution in [2.24, 2.45) is 5.92 Å². The van der Waals surface area contributed by atoms with Crippen LogP contribution in [0.25, 0.3) is 22.3 Å². The van der Waals surface area contributed by atoms with Gasteiger partial charge in [0.1, 0.15) is 40.7 Å². The van der Waals surface area contributed by atoms with E-state index in [0.717, 1.165) is 68.2 Å². The van der Waals surface area contributed by atoms with E-state index < -0.39 is 34.4 Å². The maximum absolute atomic E-state index is 14.9. The van der Waals surface area contributed by atoms with Gasteiger partial charge in [0.25, 0.3) is 0 Å². The minimum Gasteiger partial charge on any atom is -0.427 e. The third-order valence-corrected chi connectivity index (χ3v) is 9.47. The molecule has 4 aromatic rings. The molecule has 0 spiro atoms. The summed E-state index contributed by atoms with van der Waals surface area (Å²) in [7, 11) is 0. The van der Waals surface area contributed by atoms with Gasteiger partial charge in [0.2, 0.25) is 0 Å². The molecule has 0 bridgehead atoms. The Bertz CT molecular complexity index is 1690. The van der Waals surface area contributed by atoms with Gasteiger partial charge in [0.15, 0.2) is 0 Å². The normalized spacial score (nSPS) is 16.0. The molecule has 5 rings (SSSR count). The van der Waals surface area contributed by atoms with Crippen LogP contribution in [-0.2, 0) is 11.2 Å². The SMILES string of the molecule is CC1CCC(c2ccc(CCCCCCCCC(=O)Oc3ccc(-c4cc(F)c(-c5cc(F)c(C#N)c(F)c5)c(F)c4)cc3)cc2)CC1. The molecule has 0 unspecified atom stereocenters. The second kappa shape index (κ2) is 16.6. The summed E-state index contributed by atoms with van der Waals surface area (Å²) >= 11 is 0. The first-order chi connectivity index (χ1) is 23.2. The quantitative estimate of drug-likeness (QED) is 0.0623. The lowest BCUT2D eigenvalue weighted by Crippen LogP contribution is -2.10. The van der Waals surface area contributed by atoms with Crippen LogP contribution in [0.3, 0.4) is 0 Å². The Morgan fingerprint density at radius 2 is 1.27 bits per heavy atom. The summed E-state index contributed by atoms with van der Waals surface area (Å²) in [5.41, 5.74) is 1.79. The number of ether oxygens (including phenoxy) is 1. The van der Waals surface area contributed by atoms with Crippen molar-refractivity contribution in [1.82, 2.24) is 0 Å². The lowest BCUT2D eigenvalue weighted by atomic mass is 9.79. The zero-order valence-corrected chi connectivity index (χ0v) is 27.3. The molecule has 1 aliphatic rings. The second-order valence-electron chi connectivity index (χ2n) is 13.1. The second-order valence-corrected chi connectivity index (χ2v) is 13.1. The summed E-state index contributed by atoms with van der Waals surface area (Å²) in [6.45, 7) is 2.36. The van der Waals surface area contributed by atoms with Gasteiger partial charge < -0.3 is 4.74 Å². The van der Waals surface area contributed by atoms with Gasteiger partial charge in [-0.15, -0.1) is 0 Å². The van der Waals surface area contributed by atoms with Crippen molar-refractivity contribution < 1.29 is 27.1 Å². The number of hydrogen-bond donors (Lipinski definition) is 0. The molecule has 1 saturated carbocycles. The lowest BCUT2D eigenvalue weighted by molar-refractivity contribution is -0.134. The van der Waals surface area contributed by atoms with Crippen LogP contribution in [0.5, 0.6) is 5.75 Å². The Balaban J connectivity index is 1.00. The molecule has 0 atom stereocenters. The number of nitriles is 1. The average Bonchev–Trinajstić information content (AvgIpc) is 3.06. The van der Waals surface area contributed by atoms with E-state index in [1.54, 1.807) is 24.3 Å². The molecule has 0 aliphatic heterocycles. The Hall–Kier alpha value is -4.44. The highest BCUT2D eigenvalue weighted by Gasteiger charge is 2.20. The largest absolute Gasteiger partial charge is 0.427 e. The van der Waals surface area contributed by atoms with E-state index in [4.69, 9.17) is 10.00 Å². The maximum atomic E-state index is 14.9. The van der Waals surface area contributed by atoms with E-state index in [1.165, 1.54) is 55.7 Å². The summed E-state index contributed by atoms with van der Waals surface area (Å²) < 4.78 is 63.4. The number of aryl methyl sites for hydroxylation is 1. The highest BCUT2D eigenvalue weighted by Crippen LogP contribution is 2.36. The summed E-state index contributed by atoms with van der Waals surface area (Å²) in [5.74, 6) is -2.84. The predicted octanol–water partition coefficient (Wildman–Crippen LogP) is 11.6. The van der Waals surface area contributed by atoms with Crippen molar-refractivity contribution in [3.63, 3.8) is 0 Å². The van der Waals surface area contributed by atoms with Gasteiger partial charge in [-0.1, -0.05) is 81.8 Å². The molecule has 0 heterocycles. The van der Waals surface area contributed by atoms with E-state index in [1.807, 2.05) is 0 Å². The van der Waals surface area contributed by atoms with Gasteiger partial charge in [0, 0.05) is 6.42 Å². The van der Waals surface area contributed by atoms with Crippen LogP contribution >= 0.6 is 0 Å². The molecule has 4 aromatic carbocycles. The maximum Gasteiger partial charge on any atom is 0.311 e. The van der Waals surface area contributed by atoms with Crippen molar-refractivity contribution in [2.75, 3.05) is 0 Å². The number of hydrogen-bond acceptors (Lipinski definition) is 3. The fourth-order valence-corrected chi connectivity index (χ4v) is 6.59. The van der Waals surface area contributed by atoms with Gasteiger partial charge in [-0.3, -0.25) is 4.79 Å².